The van der Waals surface area contributed by atoms with Crippen LogP contribution < -0.4 is 10.9 Å². The van der Waals surface area contributed by atoms with E-state index in [1.807, 2.05) is 20.8 Å². The molecule has 28 heavy (non-hydrogen) atoms. The van der Waals surface area contributed by atoms with Gasteiger partial charge in [-0.1, -0.05) is 20.8 Å². The van der Waals surface area contributed by atoms with Crippen molar-refractivity contribution >= 4 is 17.2 Å². The molecule has 0 aliphatic heterocycles. The first kappa shape index (κ1) is 20.4. The van der Waals surface area contributed by atoms with Gasteiger partial charge >= 0.3 is 6.18 Å². The standard InChI is InChI=1S/C20H24F3N3O2/c1-19(2,3)11-13(27)10-14-16(24-12-6-4-7-12)25-17-15(20(21,22)23)8-5-9-26(17)18(14)28/h5,8-9,12,24H,4,6-7,10-11H2,1-3H3. The summed E-state index contributed by atoms with van der Waals surface area (Å²) in [7, 11) is 0. The summed E-state index contributed by atoms with van der Waals surface area (Å²) in [5.74, 6) is -0.0522. The van der Waals surface area contributed by atoms with Crippen LogP contribution in [0.4, 0.5) is 19.0 Å². The zero-order chi connectivity index (χ0) is 20.7. The van der Waals surface area contributed by atoms with Gasteiger partial charge in [-0.15, -0.1) is 0 Å². The number of nitrogens with zero attached hydrogens (tertiary/aromatic N) is 2. The van der Waals surface area contributed by atoms with E-state index in [4.69, 9.17) is 0 Å². The number of aromatic nitrogens is 2. The third kappa shape index (κ3) is 4.36. The van der Waals surface area contributed by atoms with Crippen molar-refractivity contribution in [1.82, 2.24) is 9.38 Å². The Morgan fingerprint density at radius 1 is 1.29 bits per heavy atom. The first-order chi connectivity index (χ1) is 13.0. The van der Waals surface area contributed by atoms with Crippen molar-refractivity contribution < 1.29 is 18.0 Å². The minimum Gasteiger partial charge on any atom is -0.367 e. The molecule has 1 aliphatic carbocycles. The predicted octanol–water partition coefficient (Wildman–Crippen LogP) is 4.23. The van der Waals surface area contributed by atoms with E-state index in [0.29, 0.717) is 0 Å². The van der Waals surface area contributed by atoms with Gasteiger partial charge in [0.15, 0.2) is 5.65 Å². The molecule has 3 rings (SSSR count). The van der Waals surface area contributed by atoms with Gasteiger partial charge in [-0.2, -0.15) is 13.2 Å². The molecule has 0 amide bonds. The summed E-state index contributed by atoms with van der Waals surface area (Å²) >= 11 is 0. The second kappa shape index (κ2) is 7.22. The number of halogens is 3. The molecule has 0 radical (unpaired) electrons. The highest BCUT2D eigenvalue weighted by molar-refractivity contribution is 5.82. The van der Waals surface area contributed by atoms with E-state index in [-0.39, 0.29) is 41.5 Å². The second-order valence-electron chi connectivity index (χ2n) is 8.58. The topological polar surface area (TPSA) is 63.5 Å². The second-order valence-corrected chi connectivity index (χ2v) is 8.58. The van der Waals surface area contributed by atoms with Crippen LogP contribution in [0.2, 0.25) is 0 Å². The maximum absolute atomic E-state index is 13.4. The molecule has 1 saturated carbocycles. The summed E-state index contributed by atoms with van der Waals surface area (Å²) in [5.41, 5.74) is -2.19. The average molecular weight is 395 g/mol. The van der Waals surface area contributed by atoms with E-state index in [1.54, 1.807) is 0 Å². The number of pyridine rings is 1. The molecule has 2 aromatic heterocycles. The van der Waals surface area contributed by atoms with Gasteiger partial charge in [0.25, 0.3) is 5.56 Å². The van der Waals surface area contributed by atoms with Crippen LogP contribution in [0.3, 0.4) is 0 Å². The first-order valence-electron chi connectivity index (χ1n) is 9.35. The maximum Gasteiger partial charge on any atom is 0.419 e. The monoisotopic (exact) mass is 395 g/mol. The number of carbonyl (C=O) groups is 1. The van der Waals surface area contributed by atoms with Crippen molar-refractivity contribution in [1.29, 1.82) is 0 Å². The summed E-state index contributed by atoms with van der Waals surface area (Å²) in [6.07, 6.45) is -0.545. The van der Waals surface area contributed by atoms with Gasteiger partial charge in [-0.3, -0.25) is 14.0 Å². The molecule has 0 unspecified atom stereocenters. The number of hydrogen-bond donors (Lipinski definition) is 1. The van der Waals surface area contributed by atoms with Crippen molar-refractivity contribution in [2.45, 2.75) is 65.1 Å². The van der Waals surface area contributed by atoms with Crippen LogP contribution in [-0.2, 0) is 17.4 Å². The lowest BCUT2D eigenvalue weighted by Gasteiger charge is -2.28. The van der Waals surface area contributed by atoms with Crippen LogP contribution in [-0.4, -0.2) is 21.2 Å². The van der Waals surface area contributed by atoms with Crippen molar-refractivity contribution in [3.63, 3.8) is 0 Å². The number of Topliss-reactive ketones (excluding diaryl/α,β-unsaturated/α-hetero) is 1. The summed E-state index contributed by atoms with van der Waals surface area (Å²) in [6.45, 7) is 5.75. The minimum absolute atomic E-state index is 0.0591. The SMILES string of the molecule is CC(C)(C)CC(=O)Cc1c(NC2CCC2)nc2c(C(F)(F)F)cccn2c1=O. The van der Waals surface area contributed by atoms with E-state index >= 15 is 0 Å². The van der Waals surface area contributed by atoms with Gasteiger partial charge in [0.1, 0.15) is 11.6 Å². The van der Waals surface area contributed by atoms with Gasteiger partial charge in [0.05, 0.1) is 11.1 Å². The van der Waals surface area contributed by atoms with E-state index in [1.165, 1.54) is 12.3 Å². The van der Waals surface area contributed by atoms with Crippen LogP contribution in [0.5, 0.6) is 0 Å². The average Bonchev–Trinajstić information content (AvgIpc) is 2.51. The van der Waals surface area contributed by atoms with Crippen LogP contribution in [0.1, 0.15) is 57.6 Å². The highest BCUT2D eigenvalue weighted by Crippen LogP contribution is 2.32. The fourth-order valence-corrected chi connectivity index (χ4v) is 3.30. The Hall–Kier alpha value is -2.38. The molecule has 2 aromatic rings. The number of anilines is 1. The summed E-state index contributed by atoms with van der Waals surface area (Å²) in [6, 6.07) is 2.13. The molecule has 152 valence electrons. The molecule has 1 N–H and O–H groups in total. The van der Waals surface area contributed by atoms with E-state index in [0.717, 1.165) is 29.7 Å². The molecule has 0 aromatic carbocycles. The lowest BCUT2D eigenvalue weighted by atomic mass is 9.88. The number of rotatable bonds is 5. The fraction of sp³-hybridized carbons (Fsp3) is 0.550. The zero-order valence-electron chi connectivity index (χ0n) is 16.2. The zero-order valence-corrected chi connectivity index (χ0v) is 16.2. The lowest BCUT2D eigenvalue weighted by Crippen LogP contribution is -2.32. The highest BCUT2D eigenvalue weighted by atomic mass is 19.4. The third-order valence-corrected chi connectivity index (χ3v) is 4.80. The smallest absolute Gasteiger partial charge is 0.367 e. The molecule has 0 saturated heterocycles. The number of fused-ring (bicyclic) bond motifs is 1. The van der Waals surface area contributed by atoms with Crippen molar-refractivity contribution in [3.05, 3.63) is 39.8 Å². The van der Waals surface area contributed by atoms with Crippen molar-refractivity contribution in [2.75, 3.05) is 5.32 Å². The number of carbonyl (C=O) groups excluding carboxylic acids is 1. The molecule has 1 aliphatic rings. The van der Waals surface area contributed by atoms with Gasteiger partial charge < -0.3 is 5.32 Å². The molecule has 8 heteroatoms. The first-order valence-corrected chi connectivity index (χ1v) is 9.35. The molecular formula is C20H24F3N3O2. The van der Waals surface area contributed by atoms with Crippen molar-refractivity contribution in [2.24, 2.45) is 5.41 Å². The third-order valence-electron chi connectivity index (χ3n) is 4.80. The fourth-order valence-electron chi connectivity index (χ4n) is 3.30. The Bertz CT molecular complexity index is 954. The molecule has 0 atom stereocenters. The Labute approximate surface area is 161 Å². The number of ketones is 1. The summed E-state index contributed by atoms with van der Waals surface area (Å²) < 4.78 is 41.0. The van der Waals surface area contributed by atoms with Crippen LogP contribution >= 0.6 is 0 Å². The summed E-state index contributed by atoms with van der Waals surface area (Å²) in [4.78, 5) is 29.6. The van der Waals surface area contributed by atoms with Gasteiger partial charge in [0, 0.05) is 25.1 Å². The summed E-state index contributed by atoms with van der Waals surface area (Å²) in [5, 5.41) is 3.08. The van der Waals surface area contributed by atoms with Gasteiger partial charge in [-0.05, 0) is 36.8 Å². The molecule has 0 spiro atoms. The van der Waals surface area contributed by atoms with Crippen LogP contribution in [0, 0.1) is 5.41 Å². The largest absolute Gasteiger partial charge is 0.419 e. The van der Waals surface area contributed by atoms with Gasteiger partial charge in [-0.25, -0.2) is 4.98 Å². The number of hydrogen-bond acceptors (Lipinski definition) is 4. The van der Waals surface area contributed by atoms with E-state index < -0.39 is 22.9 Å². The quantitative estimate of drug-likeness (QED) is 0.823. The van der Waals surface area contributed by atoms with Crippen LogP contribution in [0.25, 0.3) is 5.65 Å². The Morgan fingerprint density at radius 2 is 1.96 bits per heavy atom. The lowest BCUT2D eigenvalue weighted by molar-refractivity contribution is -0.136. The van der Waals surface area contributed by atoms with Gasteiger partial charge in [0.2, 0.25) is 0 Å². The Kier molecular flexibility index (Phi) is 5.25. The molecule has 2 heterocycles. The maximum atomic E-state index is 13.4. The van der Waals surface area contributed by atoms with E-state index in [2.05, 4.69) is 10.3 Å². The molecule has 5 nitrogen and oxygen atoms in total. The molecule has 0 bridgehead atoms. The number of nitrogens with one attached hydrogen (secondary N) is 1. The molecule has 1 fully saturated rings. The minimum atomic E-state index is -4.64. The highest BCUT2D eigenvalue weighted by Gasteiger charge is 2.35. The van der Waals surface area contributed by atoms with Crippen molar-refractivity contribution in [3.8, 4) is 0 Å². The van der Waals surface area contributed by atoms with Crippen LogP contribution in [0.15, 0.2) is 23.1 Å². The van der Waals surface area contributed by atoms with E-state index in [9.17, 15) is 22.8 Å². The molecular weight excluding hydrogens is 371 g/mol. The predicted molar refractivity (Wildman–Crippen MR) is 101 cm³/mol. The Balaban J connectivity index is 2.12. The Morgan fingerprint density at radius 3 is 2.50 bits per heavy atom. The number of alkyl halides is 3. The normalized spacial score (nSPS) is 15.5.